The lowest BCUT2D eigenvalue weighted by Gasteiger charge is -2.44. The third kappa shape index (κ3) is 6.93. The third-order valence-electron chi connectivity index (χ3n) is 7.71. The van der Waals surface area contributed by atoms with E-state index in [1.165, 1.54) is 52.9 Å². The van der Waals surface area contributed by atoms with E-state index in [0.717, 1.165) is 5.56 Å². The Morgan fingerprint density at radius 1 is 1.05 bits per heavy atom. The van der Waals surface area contributed by atoms with Crippen LogP contribution in [0, 0.1) is 5.92 Å². The van der Waals surface area contributed by atoms with E-state index in [2.05, 4.69) is 10.6 Å². The number of aliphatic carboxylic acids is 1. The van der Waals surface area contributed by atoms with Crippen molar-refractivity contribution in [3.05, 3.63) is 65.7 Å². The molecule has 0 aliphatic carbocycles. The van der Waals surface area contributed by atoms with Crippen molar-refractivity contribution in [1.29, 1.82) is 0 Å². The van der Waals surface area contributed by atoms with Gasteiger partial charge in [-0.05, 0) is 49.4 Å². The van der Waals surface area contributed by atoms with Gasteiger partial charge in [-0.25, -0.2) is 9.59 Å². The summed E-state index contributed by atoms with van der Waals surface area (Å²) in [5.41, 5.74) is 1.11. The van der Waals surface area contributed by atoms with E-state index in [-0.39, 0.29) is 24.7 Å². The molecule has 2 aromatic carbocycles. The third-order valence-corrected chi connectivity index (χ3v) is 9.28. The highest BCUT2D eigenvalue weighted by Gasteiger charge is 2.64. The summed E-state index contributed by atoms with van der Waals surface area (Å²) in [6, 6.07) is 10.5. The Morgan fingerprint density at radius 2 is 1.68 bits per heavy atom. The fourth-order valence-electron chi connectivity index (χ4n) is 5.42. The van der Waals surface area contributed by atoms with Crippen molar-refractivity contribution in [2.24, 2.45) is 5.92 Å². The minimum absolute atomic E-state index is 0.000389. The second-order valence-electron chi connectivity index (χ2n) is 11.9. The zero-order valence-electron chi connectivity index (χ0n) is 25.2. The van der Waals surface area contributed by atoms with E-state index in [0.29, 0.717) is 5.56 Å². The topological polar surface area (TPSA) is 166 Å². The van der Waals surface area contributed by atoms with Crippen LogP contribution < -0.4 is 10.6 Å². The SMILES string of the molecule is CC(C)C[C@@H](C(=O)NC(C(=O)N[C@@H]1C(=O)N2[C@@H]1SC(C)(C)[C@@H]2C(=O)O)c1ccc(O)cc1)N(C)C(=O)OCc1ccccc1. The van der Waals surface area contributed by atoms with Crippen molar-refractivity contribution in [3.63, 3.8) is 0 Å². The number of amides is 4. The first-order valence-electron chi connectivity index (χ1n) is 14.3. The molecule has 4 amide bonds. The van der Waals surface area contributed by atoms with Crippen LogP contribution in [-0.2, 0) is 30.5 Å². The van der Waals surface area contributed by atoms with Gasteiger partial charge in [-0.15, -0.1) is 11.8 Å². The van der Waals surface area contributed by atoms with Gasteiger partial charge in [0.15, 0.2) is 0 Å². The first-order chi connectivity index (χ1) is 20.7. The maximum absolute atomic E-state index is 13.7. The number of benzene rings is 2. The van der Waals surface area contributed by atoms with Crippen molar-refractivity contribution < 1.29 is 38.9 Å². The van der Waals surface area contributed by atoms with E-state index in [4.69, 9.17) is 4.74 Å². The van der Waals surface area contributed by atoms with Crippen molar-refractivity contribution in [2.45, 2.75) is 75.0 Å². The van der Waals surface area contributed by atoms with Gasteiger partial charge in [-0.1, -0.05) is 56.3 Å². The minimum atomic E-state index is -1.29. The molecule has 12 nitrogen and oxygen atoms in total. The number of phenols is 1. The van der Waals surface area contributed by atoms with E-state index < -0.39 is 64.1 Å². The number of carbonyl (C=O) groups excluding carboxylic acids is 4. The van der Waals surface area contributed by atoms with E-state index >= 15 is 0 Å². The zero-order valence-corrected chi connectivity index (χ0v) is 26.0. The summed E-state index contributed by atoms with van der Waals surface area (Å²) in [4.78, 5) is 67.8. The predicted octanol–water partition coefficient (Wildman–Crippen LogP) is 2.86. The Balaban J connectivity index is 1.52. The van der Waals surface area contributed by atoms with Gasteiger partial charge in [0.1, 0.15) is 41.9 Å². The summed E-state index contributed by atoms with van der Waals surface area (Å²) < 4.78 is 4.66. The second kappa shape index (κ2) is 13.2. The molecular weight excluding hydrogens is 588 g/mol. The fourth-order valence-corrected chi connectivity index (χ4v) is 7.05. The largest absolute Gasteiger partial charge is 0.508 e. The molecular formula is C31H38N4O8S. The van der Waals surface area contributed by atoms with Crippen LogP contribution in [-0.4, -0.2) is 85.1 Å². The lowest BCUT2D eigenvalue weighted by Crippen LogP contribution is -2.71. The molecule has 44 heavy (non-hydrogen) atoms. The van der Waals surface area contributed by atoms with Gasteiger partial charge in [0.2, 0.25) is 17.7 Å². The van der Waals surface area contributed by atoms with Crippen molar-refractivity contribution in [1.82, 2.24) is 20.4 Å². The van der Waals surface area contributed by atoms with Crippen LogP contribution in [0.1, 0.15) is 51.3 Å². The predicted molar refractivity (Wildman–Crippen MR) is 162 cm³/mol. The normalized spacial score (nSPS) is 21.5. The monoisotopic (exact) mass is 626 g/mol. The number of rotatable bonds is 11. The number of nitrogens with one attached hydrogen (secondary N) is 2. The van der Waals surface area contributed by atoms with Crippen molar-refractivity contribution >= 4 is 41.5 Å². The molecule has 2 aliphatic rings. The number of aromatic hydroxyl groups is 1. The Labute approximate surface area is 260 Å². The molecule has 2 aliphatic heterocycles. The summed E-state index contributed by atoms with van der Waals surface area (Å²) >= 11 is 1.28. The number of carboxylic acid groups (broad SMARTS) is 1. The number of ether oxygens (including phenoxy) is 1. The van der Waals surface area contributed by atoms with E-state index in [1.54, 1.807) is 13.8 Å². The number of thioether (sulfide) groups is 1. The van der Waals surface area contributed by atoms with Gasteiger partial charge in [0, 0.05) is 11.8 Å². The molecule has 4 rings (SSSR count). The van der Waals surface area contributed by atoms with Gasteiger partial charge in [0.05, 0.1) is 0 Å². The lowest BCUT2D eigenvalue weighted by molar-refractivity contribution is -0.161. The maximum Gasteiger partial charge on any atom is 0.410 e. The van der Waals surface area contributed by atoms with Gasteiger partial charge in [0.25, 0.3) is 0 Å². The second-order valence-corrected chi connectivity index (χ2v) is 13.7. The number of fused-ring (bicyclic) bond motifs is 1. The average molecular weight is 627 g/mol. The molecule has 2 heterocycles. The first-order valence-corrected chi connectivity index (χ1v) is 15.1. The van der Waals surface area contributed by atoms with Gasteiger partial charge >= 0.3 is 12.1 Å². The van der Waals surface area contributed by atoms with Crippen LogP contribution in [0.25, 0.3) is 0 Å². The van der Waals surface area contributed by atoms with Crippen LogP contribution >= 0.6 is 11.8 Å². The van der Waals surface area contributed by atoms with Crippen LogP contribution in [0.4, 0.5) is 4.79 Å². The van der Waals surface area contributed by atoms with Crippen LogP contribution in [0.2, 0.25) is 0 Å². The number of phenolic OH excluding ortho intramolecular Hbond substituents is 1. The Hall–Kier alpha value is -4.26. The van der Waals surface area contributed by atoms with Crippen LogP contribution in [0.15, 0.2) is 54.6 Å². The summed E-state index contributed by atoms with van der Waals surface area (Å²) in [6.45, 7) is 7.27. The molecule has 5 atom stereocenters. The number of likely N-dealkylation sites (N-methyl/N-ethyl adjacent to an activating group) is 1. The minimum Gasteiger partial charge on any atom is -0.508 e. The molecule has 0 spiro atoms. The number of β-lactam (4-membered cyclic amide) rings is 1. The first kappa shape index (κ1) is 32.6. The molecule has 0 aromatic heterocycles. The highest BCUT2D eigenvalue weighted by atomic mass is 32.2. The summed E-state index contributed by atoms with van der Waals surface area (Å²) in [6.07, 6.45) is -0.443. The number of hydrogen-bond donors (Lipinski definition) is 4. The van der Waals surface area contributed by atoms with Crippen molar-refractivity contribution in [3.8, 4) is 5.75 Å². The number of hydrogen-bond acceptors (Lipinski definition) is 8. The molecule has 4 N–H and O–H groups in total. The number of carboxylic acids is 1. The fraction of sp³-hybridized carbons (Fsp3) is 0.452. The highest BCUT2D eigenvalue weighted by Crippen LogP contribution is 2.50. The van der Waals surface area contributed by atoms with Gasteiger partial charge in [-0.3, -0.25) is 19.3 Å². The summed E-state index contributed by atoms with van der Waals surface area (Å²) in [7, 11) is 1.45. The molecule has 236 valence electrons. The van der Waals surface area contributed by atoms with E-state index in [1.807, 2.05) is 44.2 Å². The number of carbonyl (C=O) groups is 5. The zero-order chi connectivity index (χ0) is 32.3. The highest BCUT2D eigenvalue weighted by molar-refractivity contribution is 8.01. The average Bonchev–Trinajstić information content (AvgIpc) is 3.24. The maximum atomic E-state index is 13.7. The molecule has 1 unspecified atom stereocenters. The Bertz CT molecular complexity index is 1400. The smallest absolute Gasteiger partial charge is 0.410 e. The van der Waals surface area contributed by atoms with Crippen LogP contribution in [0.3, 0.4) is 0 Å². The van der Waals surface area contributed by atoms with Gasteiger partial charge < -0.3 is 30.5 Å². The van der Waals surface area contributed by atoms with Gasteiger partial charge in [-0.2, -0.15) is 0 Å². The number of nitrogens with zero attached hydrogens (tertiary/aromatic N) is 2. The molecule has 0 saturated carbocycles. The molecule has 2 fully saturated rings. The van der Waals surface area contributed by atoms with E-state index in [9.17, 15) is 34.2 Å². The standard InChI is InChI=1S/C31H38N4O8S/c1-17(2)15-21(34(5)30(42)43-16-18-9-7-6-8-10-18)25(37)32-22(19-11-13-20(36)14-12-19)26(38)33-23-27(39)35-24(29(40)41)31(3,4)44-28(23)35/h6-14,17,21-24,28,36H,15-16H2,1-5H3,(H,32,37)(H,33,38)(H,40,41)/t21-,22?,23+,24-,28+/m0/s1. The molecule has 2 saturated heterocycles. The van der Waals surface area contributed by atoms with Crippen LogP contribution in [0.5, 0.6) is 5.75 Å². The lowest BCUT2D eigenvalue weighted by atomic mass is 9.95. The molecule has 13 heteroatoms. The Kier molecular flexibility index (Phi) is 9.77. The molecule has 0 radical (unpaired) electrons. The molecule has 2 aromatic rings. The summed E-state index contributed by atoms with van der Waals surface area (Å²) in [5, 5.41) is 24.4. The molecule has 0 bridgehead atoms. The quantitative estimate of drug-likeness (QED) is 0.275. The summed E-state index contributed by atoms with van der Waals surface area (Å²) in [5.74, 6) is -3.01. The van der Waals surface area contributed by atoms with Crippen molar-refractivity contribution in [2.75, 3.05) is 7.05 Å². The Morgan fingerprint density at radius 3 is 2.27 bits per heavy atom.